The van der Waals surface area contributed by atoms with E-state index in [1.165, 1.54) is 0 Å². The molecule has 0 bridgehead atoms. The molecule has 0 radical (unpaired) electrons. The van der Waals surface area contributed by atoms with Crippen molar-refractivity contribution in [1.82, 2.24) is 5.32 Å². The Morgan fingerprint density at radius 3 is 2.32 bits per heavy atom. The predicted molar refractivity (Wildman–Crippen MR) is 102 cm³/mol. The lowest BCUT2D eigenvalue weighted by molar-refractivity contribution is -0.119. The molecule has 132 valence electrons. The Hall–Kier alpha value is -2.37. The Labute approximate surface area is 153 Å². The van der Waals surface area contributed by atoms with E-state index in [-0.39, 0.29) is 30.1 Å². The molecular weight excluding hydrogens is 338 g/mol. The highest BCUT2D eigenvalue weighted by molar-refractivity contribution is 6.05. The second-order valence-electron chi connectivity index (χ2n) is 5.98. The third-order valence-electron chi connectivity index (χ3n) is 4.31. The van der Waals surface area contributed by atoms with Gasteiger partial charge in [0.25, 0.3) is 5.91 Å². The summed E-state index contributed by atoms with van der Waals surface area (Å²) < 4.78 is 0. The van der Waals surface area contributed by atoms with Gasteiger partial charge in [-0.15, -0.1) is 12.4 Å². The third kappa shape index (κ3) is 4.59. The van der Waals surface area contributed by atoms with Gasteiger partial charge >= 0.3 is 0 Å². The van der Waals surface area contributed by atoms with Gasteiger partial charge in [0.15, 0.2) is 0 Å². The van der Waals surface area contributed by atoms with Crippen LogP contribution in [0.5, 0.6) is 0 Å². The minimum atomic E-state index is -0.165. The SMILES string of the molecule is Cc1c(NC(=O)c2ccccc2)cccc1NC(=O)C1CCNC1.Cl. The van der Waals surface area contributed by atoms with Crippen molar-refractivity contribution in [1.29, 1.82) is 0 Å². The Balaban J connectivity index is 0.00000225. The summed E-state index contributed by atoms with van der Waals surface area (Å²) in [6, 6.07) is 14.6. The standard InChI is InChI=1S/C19H21N3O2.ClH/c1-13-16(21-18(23)14-6-3-2-4-7-14)8-5-9-17(13)22-19(24)15-10-11-20-12-15;/h2-9,15,20H,10-12H2,1H3,(H,21,23)(H,22,24);1H. The van der Waals surface area contributed by atoms with E-state index in [9.17, 15) is 9.59 Å². The first-order valence-corrected chi connectivity index (χ1v) is 8.13. The van der Waals surface area contributed by atoms with Crippen LogP contribution >= 0.6 is 12.4 Å². The van der Waals surface area contributed by atoms with E-state index in [0.29, 0.717) is 11.3 Å². The van der Waals surface area contributed by atoms with Gasteiger partial charge in [0, 0.05) is 23.5 Å². The molecule has 0 spiro atoms. The van der Waals surface area contributed by atoms with Crippen molar-refractivity contribution in [3.8, 4) is 0 Å². The number of hydrogen-bond acceptors (Lipinski definition) is 3. The third-order valence-corrected chi connectivity index (χ3v) is 4.31. The maximum atomic E-state index is 12.3. The molecule has 1 aliphatic rings. The molecule has 3 N–H and O–H groups in total. The molecule has 1 heterocycles. The van der Waals surface area contributed by atoms with Crippen LogP contribution < -0.4 is 16.0 Å². The Morgan fingerprint density at radius 2 is 1.68 bits per heavy atom. The van der Waals surface area contributed by atoms with Crippen molar-refractivity contribution in [2.45, 2.75) is 13.3 Å². The molecule has 2 aromatic rings. The zero-order valence-corrected chi connectivity index (χ0v) is 14.9. The zero-order valence-electron chi connectivity index (χ0n) is 14.0. The number of benzene rings is 2. The summed E-state index contributed by atoms with van der Waals surface area (Å²) in [6.07, 6.45) is 0.856. The fourth-order valence-corrected chi connectivity index (χ4v) is 2.80. The molecule has 1 atom stereocenters. The van der Waals surface area contributed by atoms with Crippen LogP contribution in [0.1, 0.15) is 22.3 Å². The van der Waals surface area contributed by atoms with Crippen LogP contribution in [0.15, 0.2) is 48.5 Å². The summed E-state index contributed by atoms with van der Waals surface area (Å²) in [7, 11) is 0. The molecule has 1 fully saturated rings. The Bertz CT molecular complexity index is 744. The van der Waals surface area contributed by atoms with E-state index in [4.69, 9.17) is 0 Å². The lowest BCUT2D eigenvalue weighted by atomic mass is 10.1. The van der Waals surface area contributed by atoms with Gasteiger partial charge in [0.1, 0.15) is 0 Å². The monoisotopic (exact) mass is 359 g/mol. The summed E-state index contributed by atoms with van der Waals surface area (Å²) in [5.74, 6) is -0.135. The van der Waals surface area contributed by atoms with E-state index >= 15 is 0 Å². The molecule has 1 aliphatic heterocycles. The van der Waals surface area contributed by atoms with Gasteiger partial charge in [-0.25, -0.2) is 0 Å². The Morgan fingerprint density at radius 1 is 1.00 bits per heavy atom. The van der Waals surface area contributed by atoms with Crippen LogP contribution in [0.4, 0.5) is 11.4 Å². The number of carbonyl (C=O) groups excluding carboxylic acids is 2. The van der Waals surface area contributed by atoms with Crippen molar-refractivity contribution >= 4 is 35.6 Å². The summed E-state index contributed by atoms with van der Waals surface area (Å²) >= 11 is 0. The van der Waals surface area contributed by atoms with Crippen LogP contribution in [0, 0.1) is 12.8 Å². The quantitative estimate of drug-likeness (QED) is 0.785. The summed E-state index contributed by atoms with van der Waals surface area (Å²) in [6.45, 7) is 3.49. The number of halogens is 1. The van der Waals surface area contributed by atoms with E-state index in [1.807, 2.05) is 43.3 Å². The van der Waals surface area contributed by atoms with Gasteiger partial charge in [-0.05, 0) is 49.7 Å². The minimum absolute atomic E-state index is 0. The average molecular weight is 360 g/mol. The van der Waals surface area contributed by atoms with Crippen molar-refractivity contribution in [3.63, 3.8) is 0 Å². The summed E-state index contributed by atoms with van der Waals surface area (Å²) in [5.41, 5.74) is 2.88. The van der Waals surface area contributed by atoms with Crippen molar-refractivity contribution in [2.75, 3.05) is 23.7 Å². The highest BCUT2D eigenvalue weighted by atomic mass is 35.5. The average Bonchev–Trinajstić information content (AvgIpc) is 3.14. The number of hydrogen-bond donors (Lipinski definition) is 3. The lowest BCUT2D eigenvalue weighted by Gasteiger charge is -2.15. The van der Waals surface area contributed by atoms with E-state index in [0.717, 1.165) is 30.8 Å². The Kier molecular flexibility index (Phi) is 6.56. The van der Waals surface area contributed by atoms with Crippen molar-refractivity contribution < 1.29 is 9.59 Å². The first kappa shape index (κ1) is 19.0. The van der Waals surface area contributed by atoms with Crippen LogP contribution in [0.2, 0.25) is 0 Å². The number of amides is 2. The van der Waals surface area contributed by atoms with Crippen LogP contribution in [0.3, 0.4) is 0 Å². The smallest absolute Gasteiger partial charge is 0.255 e. The first-order chi connectivity index (χ1) is 11.6. The second-order valence-corrected chi connectivity index (χ2v) is 5.98. The molecule has 25 heavy (non-hydrogen) atoms. The molecule has 0 saturated carbocycles. The number of carbonyl (C=O) groups is 2. The molecule has 0 aromatic heterocycles. The van der Waals surface area contributed by atoms with Crippen LogP contribution in [-0.4, -0.2) is 24.9 Å². The molecule has 2 amide bonds. The number of anilines is 2. The second kappa shape index (κ2) is 8.65. The van der Waals surface area contributed by atoms with Gasteiger partial charge in [-0.2, -0.15) is 0 Å². The van der Waals surface area contributed by atoms with Gasteiger partial charge in [-0.1, -0.05) is 24.3 Å². The normalized spacial score (nSPS) is 16.0. The predicted octanol–water partition coefficient (Wildman–Crippen LogP) is 3.22. The topological polar surface area (TPSA) is 70.2 Å². The number of nitrogens with one attached hydrogen (secondary N) is 3. The zero-order chi connectivity index (χ0) is 16.9. The summed E-state index contributed by atoms with van der Waals surface area (Å²) in [5, 5.41) is 9.07. The fraction of sp³-hybridized carbons (Fsp3) is 0.263. The highest BCUT2D eigenvalue weighted by Gasteiger charge is 2.23. The summed E-state index contributed by atoms with van der Waals surface area (Å²) in [4.78, 5) is 24.6. The molecule has 2 aromatic carbocycles. The molecular formula is C19H22ClN3O2. The van der Waals surface area contributed by atoms with E-state index in [1.54, 1.807) is 12.1 Å². The maximum Gasteiger partial charge on any atom is 0.255 e. The molecule has 3 rings (SSSR count). The highest BCUT2D eigenvalue weighted by Crippen LogP contribution is 2.25. The van der Waals surface area contributed by atoms with Crippen LogP contribution in [0.25, 0.3) is 0 Å². The largest absolute Gasteiger partial charge is 0.325 e. The minimum Gasteiger partial charge on any atom is -0.325 e. The van der Waals surface area contributed by atoms with E-state index in [2.05, 4.69) is 16.0 Å². The molecule has 6 heteroatoms. The molecule has 0 aliphatic carbocycles. The van der Waals surface area contributed by atoms with Gasteiger partial charge in [0.2, 0.25) is 5.91 Å². The lowest BCUT2D eigenvalue weighted by Crippen LogP contribution is -2.25. The fourth-order valence-electron chi connectivity index (χ4n) is 2.80. The molecule has 1 unspecified atom stereocenters. The molecule has 1 saturated heterocycles. The van der Waals surface area contributed by atoms with Gasteiger partial charge in [0.05, 0.1) is 5.92 Å². The molecule has 5 nitrogen and oxygen atoms in total. The number of rotatable bonds is 4. The maximum absolute atomic E-state index is 12.3. The van der Waals surface area contributed by atoms with Crippen molar-refractivity contribution in [2.24, 2.45) is 5.92 Å². The first-order valence-electron chi connectivity index (χ1n) is 8.13. The van der Waals surface area contributed by atoms with E-state index < -0.39 is 0 Å². The van der Waals surface area contributed by atoms with Gasteiger partial charge < -0.3 is 16.0 Å². The van der Waals surface area contributed by atoms with Crippen molar-refractivity contribution in [3.05, 3.63) is 59.7 Å². The van der Waals surface area contributed by atoms with Crippen LogP contribution in [-0.2, 0) is 4.79 Å². The van der Waals surface area contributed by atoms with Gasteiger partial charge in [-0.3, -0.25) is 9.59 Å².